The van der Waals surface area contributed by atoms with Gasteiger partial charge in [-0.05, 0) is 69.0 Å². The van der Waals surface area contributed by atoms with Crippen molar-refractivity contribution < 1.29 is 19.0 Å². The Balaban J connectivity index is 1.14. The predicted molar refractivity (Wildman–Crippen MR) is 159 cm³/mol. The van der Waals surface area contributed by atoms with Crippen molar-refractivity contribution in [3.63, 3.8) is 0 Å². The number of imidazole rings is 1. The third-order valence-electron chi connectivity index (χ3n) is 7.05. The summed E-state index contributed by atoms with van der Waals surface area (Å²) in [7, 11) is 2.10. The topological polar surface area (TPSA) is 70.8 Å². The van der Waals surface area contributed by atoms with E-state index in [1.165, 1.54) is 10.2 Å². The second-order valence-electron chi connectivity index (χ2n) is 11.4. The lowest BCUT2D eigenvalue weighted by Gasteiger charge is -2.33. The van der Waals surface area contributed by atoms with Crippen molar-refractivity contribution in [2.24, 2.45) is 7.05 Å². The summed E-state index contributed by atoms with van der Waals surface area (Å²) in [5.41, 5.74) is 2.99. The van der Waals surface area contributed by atoms with Crippen LogP contribution in [0, 0.1) is 0 Å². The Morgan fingerprint density at radius 2 is 1.82 bits per heavy atom. The van der Waals surface area contributed by atoms with Gasteiger partial charge in [0.25, 0.3) is 0 Å². The van der Waals surface area contributed by atoms with E-state index in [0.29, 0.717) is 26.2 Å². The lowest BCUT2D eigenvalue weighted by Crippen LogP contribution is -2.44. The van der Waals surface area contributed by atoms with Gasteiger partial charge in [0.2, 0.25) is 0 Å². The monoisotopic (exact) mass is 564 g/mol. The molecule has 4 heterocycles. The zero-order chi connectivity index (χ0) is 28.3. The molecule has 0 saturated carbocycles. The highest BCUT2D eigenvalue weighted by atomic mass is 32.1. The highest BCUT2D eigenvalue weighted by Crippen LogP contribution is 2.30. The molecule has 0 N–H and O–H groups in total. The molecule has 5 rings (SSSR count). The molecule has 0 bridgehead atoms. The van der Waals surface area contributed by atoms with Gasteiger partial charge in [0.15, 0.2) is 5.82 Å². The van der Waals surface area contributed by atoms with Crippen molar-refractivity contribution in [3.05, 3.63) is 53.7 Å². The Morgan fingerprint density at radius 3 is 2.50 bits per heavy atom. The van der Waals surface area contributed by atoms with E-state index < -0.39 is 5.60 Å². The Morgan fingerprint density at radius 1 is 1.10 bits per heavy atom. The van der Waals surface area contributed by atoms with Crippen LogP contribution in [0.2, 0.25) is 0 Å². The molecule has 3 aromatic heterocycles. The molecule has 1 aromatic carbocycles. The first-order chi connectivity index (χ1) is 19.2. The standard InChI is InChI=1S/C31H40N4O4S/c1-6-7-22-21-35(29(32-22)27-20-28-26(33(27)5)14-19-40-28)17-18-37-23-8-10-24(11-9-23)38-25-12-15-34(16-13-25)30(36)39-31(2,3)4/h8-11,14,19-21,25H,6-7,12-13,15-18H2,1-5H3. The number of carbonyl (C=O) groups is 1. The van der Waals surface area contributed by atoms with Crippen LogP contribution in [0.25, 0.3) is 21.7 Å². The van der Waals surface area contributed by atoms with E-state index in [0.717, 1.165) is 54.4 Å². The van der Waals surface area contributed by atoms with Crippen LogP contribution in [-0.2, 0) is 24.8 Å². The molecule has 40 heavy (non-hydrogen) atoms. The minimum absolute atomic E-state index is 0.0789. The maximum Gasteiger partial charge on any atom is 0.410 e. The van der Waals surface area contributed by atoms with Crippen LogP contribution in [0.5, 0.6) is 11.5 Å². The number of rotatable bonds is 9. The number of aromatic nitrogens is 3. The molecule has 1 saturated heterocycles. The van der Waals surface area contributed by atoms with E-state index >= 15 is 0 Å². The normalized spacial score (nSPS) is 14.6. The lowest BCUT2D eigenvalue weighted by atomic mass is 10.1. The minimum Gasteiger partial charge on any atom is -0.492 e. The highest BCUT2D eigenvalue weighted by molar-refractivity contribution is 7.17. The molecule has 1 aliphatic heterocycles. The summed E-state index contributed by atoms with van der Waals surface area (Å²) in [6.45, 7) is 10.4. The molecule has 0 atom stereocenters. The quantitative estimate of drug-likeness (QED) is 0.221. The van der Waals surface area contributed by atoms with Crippen LogP contribution < -0.4 is 9.47 Å². The van der Waals surface area contributed by atoms with Gasteiger partial charge in [0.05, 0.1) is 28.1 Å². The smallest absolute Gasteiger partial charge is 0.410 e. The number of aryl methyl sites for hydroxylation is 2. The number of hydrogen-bond donors (Lipinski definition) is 0. The molecular formula is C31H40N4O4S. The summed E-state index contributed by atoms with van der Waals surface area (Å²) in [4.78, 5) is 19.0. The van der Waals surface area contributed by atoms with Gasteiger partial charge in [-0.15, -0.1) is 11.3 Å². The van der Waals surface area contributed by atoms with Gasteiger partial charge in [-0.2, -0.15) is 0 Å². The van der Waals surface area contributed by atoms with Crippen molar-refractivity contribution >= 4 is 27.6 Å². The Hall–Kier alpha value is -3.46. The van der Waals surface area contributed by atoms with E-state index in [-0.39, 0.29) is 12.2 Å². The number of ether oxygens (including phenoxy) is 3. The van der Waals surface area contributed by atoms with E-state index in [1.54, 1.807) is 16.2 Å². The third kappa shape index (κ3) is 6.63. The fourth-order valence-electron chi connectivity index (χ4n) is 5.04. The average Bonchev–Trinajstić information content (AvgIpc) is 3.61. The van der Waals surface area contributed by atoms with Crippen molar-refractivity contribution in [1.82, 2.24) is 19.0 Å². The van der Waals surface area contributed by atoms with Crippen LogP contribution in [0.4, 0.5) is 4.79 Å². The fraction of sp³-hybridized carbons (Fsp3) is 0.484. The molecular weight excluding hydrogens is 524 g/mol. The summed E-state index contributed by atoms with van der Waals surface area (Å²) in [6, 6.07) is 12.2. The summed E-state index contributed by atoms with van der Waals surface area (Å²) >= 11 is 1.76. The van der Waals surface area contributed by atoms with Crippen molar-refractivity contribution in [3.8, 4) is 23.0 Å². The third-order valence-corrected chi connectivity index (χ3v) is 7.90. The molecule has 8 nitrogen and oxygen atoms in total. The second-order valence-corrected chi connectivity index (χ2v) is 12.3. The summed E-state index contributed by atoms with van der Waals surface area (Å²) in [5.74, 6) is 2.61. The highest BCUT2D eigenvalue weighted by Gasteiger charge is 2.27. The van der Waals surface area contributed by atoms with E-state index in [1.807, 2.05) is 45.0 Å². The number of likely N-dealkylation sites (tertiary alicyclic amines) is 1. The molecule has 214 valence electrons. The number of piperidine rings is 1. The lowest BCUT2D eigenvalue weighted by molar-refractivity contribution is 0.0126. The molecule has 0 spiro atoms. The first-order valence-corrected chi connectivity index (χ1v) is 15.0. The van der Waals surface area contributed by atoms with Crippen molar-refractivity contribution in [2.75, 3.05) is 19.7 Å². The number of amides is 1. The minimum atomic E-state index is -0.480. The van der Waals surface area contributed by atoms with Gasteiger partial charge in [-0.1, -0.05) is 13.3 Å². The Kier molecular flexibility index (Phi) is 8.40. The number of nitrogens with zero attached hydrogens (tertiary/aromatic N) is 4. The SMILES string of the molecule is CCCc1cn(CCOc2ccc(OC3CCN(C(=O)OC(C)(C)C)CC3)cc2)c(-c2cc3sccc3n2C)n1. The van der Waals surface area contributed by atoms with Crippen LogP contribution >= 0.6 is 11.3 Å². The molecule has 9 heteroatoms. The van der Waals surface area contributed by atoms with E-state index in [2.05, 4.69) is 46.8 Å². The van der Waals surface area contributed by atoms with Gasteiger partial charge >= 0.3 is 6.09 Å². The van der Waals surface area contributed by atoms with Gasteiger partial charge in [0, 0.05) is 39.2 Å². The molecule has 0 unspecified atom stereocenters. The van der Waals surface area contributed by atoms with E-state index in [4.69, 9.17) is 19.2 Å². The first kappa shape index (κ1) is 28.1. The number of fused-ring (bicyclic) bond motifs is 1. The zero-order valence-electron chi connectivity index (χ0n) is 24.2. The first-order valence-electron chi connectivity index (χ1n) is 14.2. The molecule has 1 fully saturated rings. The number of carbonyl (C=O) groups excluding carboxylic acids is 1. The number of thiophene rings is 1. The summed E-state index contributed by atoms with van der Waals surface area (Å²) in [5, 5.41) is 2.13. The van der Waals surface area contributed by atoms with Crippen LogP contribution in [0.3, 0.4) is 0 Å². The molecule has 0 aliphatic carbocycles. The maximum atomic E-state index is 12.3. The molecule has 0 radical (unpaired) electrons. The summed E-state index contributed by atoms with van der Waals surface area (Å²) < 4.78 is 23.5. The Bertz CT molecular complexity index is 1420. The van der Waals surface area contributed by atoms with Gasteiger partial charge in [0.1, 0.15) is 29.8 Å². The second kappa shape index (κ2) is 12.0. The van der Waals surface area contributed by atoms with E-state index in [9.17, 15) is 4.79 Å². The van der Waals surface area contributed by atoms with Crippen LogP contribution in [0.1, 0.15) is 52.7 Å². The maximum absolute atomic E-state index is 12.3. The van der Waals surface area contributed by atoms with Gasteiger partial charge in [-0.3, -0.25) is 0 Å². The molecule has 1 amide bonds. The predicted octanol–water partition coefficient (Wildman–Crippen LogP) is 6.91. The number of hydrogen-bond acceptors (Lipinski definition) is 6. The molecule has 4 aromatic rings. The zero-order valence-corrected chi connectivity index (χ0v) is 25.0. The van der Waals surface area contributed by atoms with Gasteiger partial charge < -0.3 is 28.2 Å². The van der Waals surface area contributed by atoms with Gasteiger partial charge in [-0.25, -0.2) is 9.78 Å². The average molecular weight is 565 g/mol. The summed E-state index contributed by atoms with van der Waals surface area (Å²) in [6.07, 6.45) is 5.57. The van der Waals surface area contributed by atoms with Crippen LogP contribution in [0.15, 0.2) is 48.0 Å². The van der Waals surface area contributed by atoms with Crippen molar-refractivity contribution in [1.29, 1.82) is 0 Å². The van der Waals surface area contributed by atoms with Crippen LogP contribution in [-0.4, -0.2) is 56.5 Å². The molecule has 1 aliphatic rings. The van der Waals surface area contributed by atoms with Crippen molar-refractivity contribution in [2.45, 2.75) is 71.6 Å². The number of benzene rings is 1. The Labute approximate surface area is 240 Å². The largest absolute Gasteiger partial charge is 0.492 e. The fourth-order valence-corrected chi connectivity index (χ4v) is 5.89.